The van der Waals surface area contributed by atoms with Crippen LogP contribution in [-0.4, -0.2) is 85.3 Å². The summed E-state index contributed by atoms with van der Waals surface area (Å²) in [4.78, 5) is 95.4. The Bertz CT molecular complexity index is 2260. The maximum atomic E-state index is 14.4. The number of carbonyl (C=O) groups excluding carboxylic acids is 6. The van der Waals surface area contributed by atoms with Gasteiger partial charge in [-0.05, 0) is 68.3 Å². The quantitative estimate of drug-likeness (QED) is 0.0333. The van der Waals surface area contributed by atoms with Gasteiger partial charge in [-0.1, -0.05) is 56.7 Å². The van der Waals surface area contributed by atoms with Crippen molar-refractivity contribution in [2.24, 2.45) is 40.9 Å². The first kappa shape index (κ1) is 45.9. The number of benzene rings is 2. The highest BCUT2D eigenvalue weighted by Crippen LogP contribution is 2.25. The number of hydrazine groups is 1. The number of nitrogens with two attached hydrogens (primary N) is 3. The van der Waals surface area contributed by atoms with Crippen molar-refractivity contribution in [3.05, 3.63) is 90.3 Å². The number of aromatic amines is 3. The molecule has 5 rings (SSSR count). The van der Waals surface area contributed by atoms with Crippen LogP contribution >= 0.6 is 0 Å². The molecule has 4 amide bonds. The molecule has 0 saturated heterocycles. The molecular weight excluding hydrogens is 777 g/mol. The Hall–Kier alpha value is -6.13. The predicted octanol–water partition coefficient (Wildman–Crippen LogP) is 3.52. The number of amides is 4. The number of primary amides is 1. The zero-order valence-electron chi connectivity index (χ0n) is 35.2. The first-order valence-electron chi connectivity index (χ1n) is 21.0. The zero-order chi connectivity index (χ0) is 44.1. The minimum absolute atomic E-state index is 0.0950. The lowest BCUT2D eigenvalue weighted by Gasteiger charge is -2.29. The largest absolute Gasteiger partial charge is 0.369 e. The molecule has 16 nitrogen and oxygen atoms in total. The molecule has 0 aliphatic carbocycles. The summed E-state index contributed by atoms with van der Waals surface area (Å²) < 4.78 is 0. The highest BCUT2D eigenvalue weighted by atomic mass is 16.2. The van der Waals surface area contributed by atoms with Gasteiger partial charge in [0.25, 0.3) is 0 Å². The number of rotatable bonds is 24. The van der Waals surface area contributed by atoms with E-state index in [-0.39, 0.29) is 62.6 Å². The van der Waals surface area contributed by atoms with Crippen LogP contribution in [0, 0.1) is 23.7 Å². The van der Waals surface area contributed by atoms with Gasteiger partial charge in [-0.15, -0.1) is 0 Å². The number of nitrogens with one attached hydrogen (secondary N) is 5. The summed E-state index contributed by atoms with van der Waals surface area (Å²) in [7, 11) is 0. The van der Waals surface area contributed by atoms with Gasteiger partial charge in [0.15, 0.2) is 11.6 Å². The molecule has 0 fully saturated rings. The highest BCUT2D eigenvalue weighted by molar-refractivity contribution is 5.95. The van der Waals surface area contributed by atoms with E-state index in [9.17, 15) is 28.8 Å². The van der Waals surface area contributed by atoms with Crippen molar-refractivity contribution < 1.29 is 28.8 Å². The van der Waals surface area contributed by atoms with E-state index >= 15 is 0 Å². The van der Waals surface area contributed by atoms with Gasteiger partial charge in [0.05, 0.1) is 30.2 Å². The minimum Gasteiger partial charge on any atom is -0.369 e. The second kappa shape index (κ2) is 21.9. The molecule has 5 atom stereocenters. The lowest BCUT2D eigenvalue weighted by atomic mass is 9.90. The molecule has 16 heteroatoms. The van der Waals surface area contributed by atoms with Crippen LogP contribution in [0.5, 0.6) is 0 Å². The Balaban J connectivity index is 1.37. The fraction of sp³-hybridized carbons (Fsp3) is 0.444. The Morgan fingerprint density at radius 2 is 1.33 bits per heavy atom. The zero-order valence-corrected chi connectivity index (χ0v) is 35.2. The number of unbranched alkanes of at least 4 members (excludes halogenated alkanes) is 1. The standard InChI is InChI=1S/C45H60N10O6/c1-27(2)25-55(54-45(61)30(16-32-22-50-38-13-6-4-11-35(32)38)19-41(57)37(47)21-34-24-49-26-52-34)42(58)20-31(17-33-23-51-39-14-7-5-12-36(33)39)44(60)53-28(3)40(56)18-29(43(48)59)10-8-9-15-46/h4-7,11-14,22-24,26-31,37,50-51H,8-10,15-21,25,46-47H2,1-3H3,(H2,48,59)(H,49,52)(H,53,60)(H,54,61)/t28-,29-,30+,31-,37+/m1/s1. The Labute approximate surface area is 355 Å². The van der Waals surface area contributed by atoms with Gasteiger partial charge in [-0.3, -0.25) is 39.2 Å². The van der Waals surface area contributed by atoms with Crippen LogP contribution in [-0.2, 0) is 48.0 Å². The Morgan fingerprint density at radius 3 is 1.89 bits per heavy atom. The van der Waals surface area contributed by atoms with Gasteiger partial charge < -0.3 is 37.5 Å². The minimum atomic E-state index is -0.974. The number of imidazole rings is 1. The van der Waals surface area contributed by atoms with E-state index in [0.29, 0.717) is 31.5 Å². The van der Waals surface area contributed by atoms with E-state index in [0.717, 1.165) is 32.9 Å². The van der Waals surface area contributed by atoms with E-state index in [2.05, 4.69) is 30.7 Å². The van der Waals surface area contributed by atoms with Crippen LogP contribution in [0.1, 0.15) is 76.1 Å². The molecule has 3 aromatic heterocycles. The fourth-order valence-corrected chi connectivity index (χ4v) is 7.62. The number of para-hydroxylation sites is 2. The summed E-state index contributed by atoms with van der Waals surface area (Å²) in [6.07, 6.45) is 8.31. The topological polar surface area (TPSA) is 268 Å². The molecular formula is C45H60N10O6. The molecule has 0 aliphatic heterocycles. The maximum absolute atomic E-state index is 14.4. The molecule has 0 aliphatic rings. The predicted molar refractivity (Wildman–Crippen MR) is 233 cm³/mol. The third-order valence-corrected chi connectivity index (χ3v) is 11.1. The molecule has 0 radical (unpaired) electrons. The van der Waals surface area contributed by atoms with Crippen LogP contribution in [0.15, 0.2) is 73.4 Å². The van der Waals surface area contributed by atoms with Crippen molar-refractivity contribution in [3.8, 4) is 0 Å². The summed E-state index contributed by atoms with van der Waals surface area (Å²) in [5.41, 5.74) is 24.4. The van der Waals surface area contributed by atoms with Crippen molar-refractivity contribution in [1.82, 2.24) is 35.7 Å². The van der Waals surface area contributed by atoms with Gasteiger partial charge in [0.1, 0.15) is 0 Å². The summed E-state index contributed by atoms with van der Waals surface area (Å²) in [5, 5.41) is 5.80. The number of ketones is 2. The SMILES string of the molecule is CC(C)CN(NC(=O)[C@H](CC(=O)[C@@H](N)Cc1cnc[nH]1)Cc1c[nH]c2ccccc12)C(=O)C[C@@H](Cc1c[nH]c2ccccc12)C(=O)N[C@H](C)C(=O)C[C@@H](CCCCN)C(N)=O. The maximum Gasteiger partial charge on any atom is 0.242 e. The van der Waals surface area contributed by atoms with Crippen LogP contribution in [0.25, 0.3) is 21.8 Å². The normalized spacial score (nSPS) is 14.0. The van der Waals surface area contributed by atoms with Crippen molar-refractivity contribution >= 4 is 57.0 Å². The number of carbonyl (C=O) groups is 6. The Morgan fingerprint density at radius 1 is 0.738 bits per heavy atom. The molecule has 5 aromatic rings. The third kappa shape index (κ3) is 12.9. The molecule has 61 heavy (non-hydrogen) atoms. The van der Waals surface area contributed by atoms with Crippen LogP contribution in [0.4, 0.5) is 0 Å². The smallest absolute Gasteiger partial charge is 0.242 e. The van der Waals surface area contributed by atoms with Crippen molar-refractivity contribution in [3.63, 3.8) is 0 Å². The number of H-pyrrole nitrogens is 3. The highest BCUT2D eigenvalue weighted by Gasteiger charge is 2.33. The van der Waals surface area contributed by atoms with E-state index in [1.54, 1.807) is 19.3 Å². The molecule has 326 valence electrons. The number of Topliss-reactive ketones (excluding diaryl/α,β-unsaturated/α-hetero) is 2. The number of nitrogens with zero attached hydrogens (tertiary/aromatic N) is 2. The van der Waals surface area contributed by atoms with Gasteiger partial charge >= 0.3 is 0 Å². The summed E-state index contributed by atoms with van der Waals surface area (Å²) >= 11 is 0. The Kier molecular flexibility index (Phi) is 16.5. The fourth-order valence-electron chi connectivity index (χ4n) is 7.62. The molecule has 2 aromatic carbocycles. The van der Waals surface area contributed by atoms with E-state index in [1.807, 2.05) is 68.6 Å². The summed E-state index contributed by atoms with van der Waals surface area (Å²) in [6, 6.07) is 13.4. The van der Waals surface area contributed by atoms with E-state index in [1.165, 1.54) is 11.3 Å². The molecule has 0 bridgehead atoms. The molecule has 0 spiro atoms. The van der Waals surface area contributed by atoms with Crippen LogP contribution < -0.4 is 27.9 Å². The van der Waals surface area contributed by atoms with Gasteiger partial charge in [-0.25, -0.2) is 4.98 Å². The first-order valence-corrected chi connectivity index (χ1v) is 21.0. The molecule has 0 unspecified atom stereocenters. The average Bonchev–Trinajstić information content (AvgIpc) is 4.00. The summed E-state index contributed by atoms with van der Waals surface area (Å²) in [6.45, 7) is 5.91. The lowest BCUT2D eigenvalue weighted by molar-refractivity contribution is -0.146. The lowest BCUT2D eigenvalue weighted by Crippen LogP contribution is -2.52. The second-order valence-corrected chi connectivity index (χ2v) is 16.4. The van der Waals surface area contributed by atoms with Crippen molar-refractivity contribution in [2.75, 3.05) is 13.1 Å². The number of hydrogen-bond acceptors (Lipinski definition) is 9. The molecule has 11 N–H and O–H groups in total. The van der Waals surface area contributed by atoms with Crippen molar-refractivity contribution in [2.45, 2.75) is 90.6 Å². The summed E-state index contributed by atoms with van der Waals surface area (Å²) in [5.74, 6) is -5.56. The number of hydrogen-bond donors (Lipinski definition) is 8. The number of fused-ring (bicyclic) bond motifs is 2. The monoisotopic (exact) mass is 836 g/mol. The third-order valence-electron chi connectivity index (χ3n) is 11.1. The molecule has 0 saturated carbocycles. The van der Waals surface area contributed by atoms with Gasteiger partial charge in [0.2, 0.25) is 23.6 Å². The van der Waals surface area contributed by atoms with E-state index < -0.39 is 53.5 Å². The van der Waals surface area contributed by atoms with Gasteiger partial charge in [0, 0.05) is 84.2 Å². The average molecular weight is 837 g/mol. The second-order valence-electron chi connectivity index (χ2n) is 16.4. The van der Waals surface area contributed by atoms with Crippen LogP contribution in [0.3, 0.4) is 0 Å². The first-order chi connectivity index (χ1) is 29.2. The van der Waals surface area contributed by atoms with Crippen molar-refractivity contribution in [1.29, 1.82) is 0 Å². The van der Waals surface area contributed by atoms with Crippen LogP contribution in [0.2, 0.25) is 0 Å². The molecule has 3 heterocycles. The van der Waals surface area contributed by atoms with E-state index in [4.69, 9.17) is 17.2 Å². The number of aromatic nitrogens is 4. The van der Waals surface area contributed by atoms with Gasteiger partial charge in [-0.2, -0.15) is 0 Å².